The van der Waals surface area contributed by atoms with Crippen LogP contribution in [0.4, 0.5) is 0 Å². The zero-order valence-electron chi connectivity index (χ0n) is 14.1. The van der Waals surface area contributed by atoms with Gasteiger partial charge >= 0.3 is 0 Å². The summed E-state index contributed by atoms with van der Waals surface area (Å²) >= 11 is 0. The maximum absolute atomic E-state index is 13.1. The van der Waals surface area contributed by atoms with E-state index in [2.05, 4.69) is 4.98 Å². The highest BCUT2D eigenvalue weighted by Gasteiger charge is 2.27. The highest BCUT2D eigenvalue weighted by Crippen LogP contribution is 2.27. The van der Waals surface area contributed by atoms with Crippen molar-refractivity contribution in [3.05, 3.63) is 65.9 Å². The quantitative estimate of drug-likeness (QED) is 0.798. The van der Waals surface area contributed by atoms with Gasteiger partial charge in [0.1, 0.15) is 11.9 Å². The molecule has 1 saturated heterocycles. The molecule has 1 aliphatic heterocycles. The molecule has 0 radical (unpaired) electrons. The average Bonchev–Trinajstić information content (AvgIpc) is 3.11. The number of rotatable bonds is 3. The van der Waals surface area contributed by atoms with Gasteiger partial charge in [0.05, 0.1) is 25.8 Å². The lowest BCUT2D eigenvalue weighted by Crippen LogP contribution is -2.42. The van der Waals surface area contributed by atoms with E-state index >= 15 is 0 Å². The van der Waals surface area contributed by atoms with Gasteiger partial charge in [-0.2, -0.15) is 0 Å². The van der Waals surface area contributed by atoms with Gasteiger partial charge in [-0.05, 0) is 23.8 Å². The lowest BCUT2D eigenvalue weighted by atomic mass is 10.1. The van der Waals surface area contributed by atoms with Gasteiger partial charge in [0.25, 0.3) is 5.91 Å². The number of nitrogens with zero attached hydrogens (tertiary/aromatic N) is 1. The molecule has 128 valence electrons. The number of amides is 1. The molecule has 5 heteroatoms. The van der Waals surface area contributed by atoms with Crippen LogP contribution >= 0.6 is 0 Å². The summed E-state index contributed by atoms with van der Waals surface area (Å²) in [5.74, 6) is 0.758. The number of aromatic nitrogens is 1. The molecular weight excluding hydrogens is 316 g/mol. The highest BCUT2D eigenvalue weighted by molar-refractivity contribution is 6.07. The van der Waals surface area contributed by atoms with E-state index in [1.54, 1.807) is 13.3 Å². The van der Waals surface area contributed by atoms with E-state index in [-0.39, 0.29) is 12.0 Å². The van der Waals surface area contributed by atoms with Crippen molar-refractivity contribution in [2.45, 2.75) is 6.10 Å². The summed E-state index contributed by atoms with van der Waals surface area (Å²) in [6.07, 6.45) is 1.69. The first-order valence-electron chi connectivity index (χ1n) is 8.37. The van der Waals surface area contributed by atoms with Crippen molar-refractivity contribution in [1.82, 2.24) is 9.88 Å². The van der Waals surface area contributed by atoms with Gasteiger partial charge in [0.2, 0.25) is 0 Å². The molecule has 1 amide bonds. The summed E-state index contributed by atoms with van der Waals surface area (Å²) in [7, 11) is 1.63. The molecule has 0 unspecified atom stereocenters. The number of hydrogen-bond acceptors (Lipinski definition) is 3. The van der Waals surface area contributed by atoms with Gasteiger partial charge in [-0.25, -0.2) is 0 Å². The minimum absolute atomic E-state index is 0.0173. The van der Waals surface area contributed by atoms with Crippen LogP contribution in [-0.4, -0.2) is 42.6 Å². The third-order valence-electron chi connectivity index (χ3n) is 4.64. The van der Waals surface area contributed by atoms with Gasteiger partial charge in [0, 0.05) is 23.6 Å². The molecule has 1 atom stereocenters. The van der Waals surface area contributed by atoms with Crippen molar-refractivity contribution < 1.29 is 14.3 Å². The van der Waals surface area contributed by atoms with Crippen molar-refractivity contribution in [2.24, 2.45) is 0 Å². The molecular formula is C20H20N2O3. The number of morpholine rings is 1. The number of carbonyl (C=O) groups excluding carboxylic acids is 1. The number of carbonyl (C=O) groups is 1. The summed E-state index contributed by atoms with van der Waals surface area (Å²) in [6.45, 7) is 1.69. The summed E-state index contributed by atoms with van der Waals surface area (Å²) in [5, 5.41) is 0.882. The van der Waals surface area contributed by atoms with Crippen LogP contribution in [0.15, 0.2) is 54.7 Å². The van der Waals surface area contributed by atoms with E-state index in [1.165, 1.54) is 0 Å². The van der Waals surface area contributed by atoms with Crippen molar-refractivity contribution in [3.63, 3.8) is 0 Å². The second-order valence-electron chi connectivity index (χ2n) is 6.14. The Kier molecular flexibility index (Phi) is 4.15. The minimum atomic E-state index is -0.0846. The molecule has 3 aromatic rings. The van der Waals surface area contributed by atoms with E-state index in [0.717, 1.165) is 22.2 Å². The second kappa shape index (κ2) is 6.61. The van der Waals surface area contributed by atoms with Crippen molar-refractivity contribution in [3.8, 4) is 5.75 Å². The van der Waals surface area contributed by atoms with Crippen LogP contribution in [0.25, 0.3) is 10.9 Å². The van der Waals surface area contributed by atoms with Crippen LogP contribution in [0.2, 0.25) is 0 Å². The molecule has 0 saturated carbocycles. The van der Waals surface area contributed by atoms with Gasteiger partial charge in [-0.1, -0.05) is 30.3 Å². The number of benzene rings is 2. The third kappa shape index (κ3) is 2.98. The molecule has 2 aromatic carbocycles. The standard InChI is InChI=1S/C20H20N2O3/c1-24-15-7-8-18-16(11-15)17(12-21-18)20(23)22-9-10-25-19(13-22)14-5-3-2-4-6-14/h2-8,11-12,19,21H,9-10,13H2,1H3/t19-/m0/s1. The molecule has 4 rings (SSSR count). The van der Waals surface area contributed by atoms with Crippen LogP contribution in [0.5, 0.6) is 5.75 Å². The van der Waals surface area contributed by atoms with Gasteiger partial charge in [-0.3, -0.25) is 4.79 Å². The molecule has 2 heterocycles. The first-order chi connectivity index (χ1) is 12.3. The Balaban J connectivity index is 1.60. The molecule has 0 bridgehead atoms. The average molecular weight is 336 g/mol. The predicted molar refractivity (Wildman–Crippen MR) is 95.9 cm³/mol. The first kappa shape index (κ1) is 15.7. The van der Waals surface area contributed by atoms with Crippen LogP contribution in [-0.2, 0) is 4.74 Å². The number of fused-ring (bicyclic) bond motifs is 1. The Labute approximate surface area is 146 Å². The monoisotopic (exact) mass is 336 g/mol. The third-order valence-corrected chi connectivity index (χ3v) is 4.64. The number of nitrogens with one attached hydrogen (secondary N) is 1. The molecule has 0 aliphatic carbocycles. The Morgan fingerprint density at radius 1 is 1.24 bits per heavy atom. The van der Waals surface area contributed by atoms with Crippen molar-refractivity contribution in [1.29, 1.82) is 0 Å². The summed E-state index contributed by atoms with van der Waals surface area (Å²) in [4.78, 5) is 18.1. The molecule has 1 fully saturated rings. The zero-order valence-corrected chi connectivity index (χ0v) is 14.1. The smallest absolute Gasteiger partial charge is 0.256 e. The maximum atomic E-state index is 13.1. The second-order valence-corrected chi connectivity index (χ2v) is 6.14. The number of aromatic amines is 1. The SMILES string of the molecule is COc1ccc2[nH]cc(C(=O)N3CCO[C@H](c4ccccc4)C3)c2c1. The number of hydrogen-bond donors (Lipinski definition) is 1. The fourth-order valence-electron chi connectivity index (χ4n) is 3.28. The largest absolute Gasteiger partial charge is 0.497 e. The Hall–Kier alpha value is -2.79. The topological polar surface area (TPSA) is 54.6 Å². The van der Waals surface area contributed by atoms with E-state index in [1.807, 2.05) is 53.4 Å². The van der Waals surface area contributed by atoms with Crippen LogP contribution in [0.3, 0.4) is 0 Å². The Bertz CT molecular complexity index is 888. The van der Waals surface area contributed by atoms with E-state index in [4.69, 9.17) is 9.47 Å². The van der Waals surface area contributed by atoms with Crippen molar-refractivity contribution >= 4 is 16.8 Å². The Morgan fingerprint density at radius 2 is 2.08 bits per heavy atom. The van der Waals surface area contributed by atoms with Gasteiger partial charge in [0.15, 0.2) is 0 Å². The molecule has 1 N–H and O–H groups in total. The van der Waals surface area contributed by atoms with Crippen LogP contribution in [0, 0.1) is 0 Å². The number of ether oxygens (including phenoxy) is 2. The summed E-state index contributed by atoms with van der Waals surface area (Å²) in [6, 6.07) is 15.7. The lowest BCUT2D eigenvalue weighted by Gasteiger charge is -2.33. The fraction of sp³-hybridized carbons (Fsp3) is 0.250. The van der Waals surface area contributed by atoms with E-state index < -0.39 is 0 Å². The van der Waals surface area contributed by atoms with Crippen LogP contribution < -0.4 is 4.74 Å². The molecule has 1 aliphatic rings. The number of H-pyrrole nitrogens is 1. The fourth-order valence-corrected chi connectivity index (χ4v) is 3.28. The van der Waals surface area contributed by atoms with Gasteiger partial charge < -0.3 is 19.4 Å². The zero-order chi connectivity index (χ0) is 17.2. The minimum Gasteiger partial charge on any atom is -0.497 e. The van der Waals surface area contributed by atoms with Crippen LogP contribution in [0.1, 0.15) is 22.0 Å². The maximum Gasteiger partial charge on any atom is 0.256 e. The van der Waals surface area contributed by atoms with E-state index in [0.29, 0.717) is 25.3 Å². The highest BCUT2D eigenvalue weighted by atomic mass is 16.5. The first-order valence-corrected chi connectivity index (χ1v) is 8.37. The molecule has 25 heavy (non-hydrogen) atoms. The molecule has 0 spiro atoms. The normalized spacial score (nSPS) is 17.6. The lowest BCUT2D eigenvalue weighted by molar-refractivity contribution is -0.0227. The van der Waals surface area contributed by atoms with Crippen molar-refractivity contribution in [2.75, 3.05) is 26.8 Å². The predicted octanol–water partition coefficient (Wildman–Crippen LogP) is 3.39. The number of methoxy groups -OCH3 is 1. The van der Waals surface area contributed by atoms with Gasteiger partial charge in [-0.15, -0.1) is 0 Å². The Morgan fingerprint density at radius 3 is 2.88 bits per heavy atom. The molecule has 1 aromatic heterocycles. The summed E-state index contributed by atoms with van der Waals surface area (Å²) in [5.41, 5.74) is 2.69. The van der Waals surface area contributed by atoms with E-state index in [9.17, 15) is 4.79 Å². The molecule has 5 nitrogen and oxygen atoms in total. The summed E-state index contributed by atoms with van der Waals surface area (Å²) < 4.78 is 11.2.